The van der Waals surface area contributed by atoms with Crippen LogP contribution in [0.25, 0.3) is 0 Å². The van der Waals surface area contributed by atoms with Gasteiger partial charge >= 0.3 is 5.97 Å². The lowest BCUT2D eigenvalue weighted by Crippen LogP contribution is -2.21. The minimum Gasteiger partial charge on any atom is -0.507 e. The fourth-order valence-electron chi connectivity index (χ4n) is 3.96. The first-order valence-electron chi connectivity index (χ1n) is 13.0. The molecule has 0 fully saturated rings. The number of phenols is 1. The van der Waals surface area contributed by atoms with Gasteiger partial charge in [-0.1, -0.05) is 90.1 Å². The molecule has 1 unspecified atom stereocenters. The van der Waals surface area contributed by atoms with E-state index in [1.807, 2.05) is 36.5 Å². The molecule has 1 atom stereocenters. The highest BCUT2D eigenvalue weighted by molar-refractivity contribution is 8.32. The van der Waals surface area contributed by atoms with E-state index in [-0.39, 0.29) is 17.1 Å². The Morgan fingerprint density at radius 1 is 0.944 bits per heavy atom. The Morgan fingerprint density at radius 2 is 1.61 bits per heavy atom. The number of carbonyl (C=O) groups excluding carboxylic acids is 1. The minimum absolute atomic E-state index is 0.197. The minimum atomic E-state index is -0.397. The lowest BCUT2D eigenvalue weighted by molar-refractivity contribution is -0.137. The molecule has 0 amide bonds. The smallest absolute Gasteiger partial charge is 0.315 e. The third kappa shape index (κ3) is 9.57. The predicted octanol–water partition coefficient (Wildman–Crippen LogP) is 9.04. The van der Waals surface area contributed by atoms with Crippen LogP contribution in [-0.4, -0.2) is 29.7 Å². The summed E-state index contributed by atoms with van der Waals surface area (Å²) in [5.74, 6) is 2.30. The van der Waals surface area contributed by atoms with Crippen molar-refractivity contribution in [1.29, 1.82) is 0 Å². The Labute approximate surface area is 231 Å². The number of aryl methyl sites for hydroxylation is 1. The van der Waals surface area contributed by atoms with Crippen LogP contribution in [0.2, 0.25) is 0 Å². The van der Waals surface area contributed by atoms with Crippen LogP contribution in [0.15, 0.2) is 42.5 Å². The van der Waals surface area contributed by atoms with Crippen molar-refractivity contribution in [2.45, 2.75) is 87.7 Å². The van der Waals surface area contributed by atoms with Crippen LogP contribution >= 0.6 is 35.3 Å². The summed E-state index contributed by atoms with van der Waals surface area (Å²) in [5.41, 5.74) is 4.03. The summed E-state index contributed by atoms with van der Waals surface area (Å²) in [6.07, 6.45) is 7.54. The highest BCUT2D eigenvalue weighted by Gasteiger charge is 2.37. The number of benzene rings is 2. The maximum Gasteiger partial charge on any atom is 0.315 e. The molecular formula is C30H44O3S3. The van der Waals surface area contributed by atoms with Gasteiger partial charge in [-0.15, -0.1) is 35.3 Å². The molecule has 0 heterocycles. The summed E-state index contributed by atoms with van der Waals surface area (Å²) in [6.45, 7) is 10.6. The van der Waals surface area contributed by atoms with Crippen molar-refractivity contribution in [2.75, 3.05) is 18.6 Å². The molecule has 2 aromatic carbocycles. The van der Waals surface area contributed by atoms with Crippen LogP contribution in [0.5, 0.6) is 5.75 Å². The van der Waals surface area contributed by atoms with Crippen LogP contribution < -0.4 is 0 Å². The van der Waals surface area contributed by atoms with Gasteiger partial charge in [-0.2, -0.15) is 0 Å². The van der Waals surface area contributed by atoms with Gasteiger partial charge in [-0.25, -0.2) is 0 Å². The molecule has 0 saturated heterocycles. The molecule has 0 radical (unpaired) electrons. The Balaban J connectivity index is 2.43. The zero-order valence-corrected chi connectivity index (χ0v) is 25.3. The lowest BCUT2D eigenvalue weighted by atomic mass is 9.84. The van der Waals surface area contributed by atoms with Gasteiger partial charge in [0.2, 0.25) is 0 Å². The van der Waals surface area contributed by atoms with Gasteiger partial charge in [-0.05, 0) is 58.9 Å². The lowest BCUT2D eigenvalue weighted by Gasteiger charge is -2.35. The molecule has 0 aliphatic rings. The van der Waals surface area contributed by atoms with E-state index in [0.717, 1.165) is 34.6 Å². The van der Waals surface area contributed by atoms with E-state index in [1.165, 1.54) is 44.8 Å². The van der Waals surface area contributed by atoms with Crippen LogP contribution in [0.4, 0.5) is 0 Å². The van der Waals surface area contributed by atoms with Crippen molar-refractivity contribution >= 4 is 41.3 Å². The number of carbonyl (C=O) groups is 1. The quantitative estimate of drug-likeness (QED) is 0.136. The van der Waals surface area contributed by atoms with Crippen LogP contribution in [0, 0.1) is 6.92 Å². The number of esters is 1. The number of hydrogen-bond acceptors (Lipinski definition) is 6. The van der Waals surface area contributed by atoms with Crippen LogP contribution in [-0.2, 0) is 24.1 Å². The normalized spacial score (nSPS) is 13.4. The summed E-state index contributed by atoms with van der Waals surface area (Å²) >= 11 is 5.45. The largest absolute Gasteiger partial charge is 0.507 e. The Morgan fingerprint density at radius 3 is 2.25 bits per heavy atom. The Kier molecular flexibility index (Phi) is 13.1. The van der Waals surface area contributed by atoms with Gasteiger partial charge in [0.05, 0.1) is 12.9 Å². The molecule has 36 heavy (non-hydrogen) atoms. The van der Waals surface area contributed by atoms with Gasteiger partial charge in [0, 0.05) is 5.75 Å². The van der Waals surface area contributed by atoms with Gasteiger partial charge in [0.1, 0.15) is 9.16 Å². The molecule has 0 bridgehead atoms. The molecule has 6 heteroatoms. The molecule has 0 spiro atoms. The second-order valence-corrected chi connectivity index (χ2v) is 14.7. The van der Waals surface area contributed by atoms with Gasteiger partial charge in [0.25, 0.3) is 0 Å². The van der Waals surface area contributed by atoms with E-state index >= 15 is 0 Å². The number of unbranched alkanes of at least 4 members (excludes halogenated alkanes) is 5. The monoisotopic (exact) mass is 548 g/mol. The molecule has 0 saturated carbocycles. The SMILES string of the molecule is CCCCCCCCSC(SCC(=O)OC)(SCc1ccccc1)c1cc(C)c(O)c(C(C)(C)C)c1. The average Bonchev–Trinajstić information content (AvgIpc) is 2.86. The number of rotatable bonds is 15. The zero-order chi connectivity index (χ0) is 26.6. The topological polar surface area (TPSA) is 46.5 Å². The van der Waals surface area contributed by atoms with Crippen molar-refractivity contribution in [3.63, 3.8) is 0 Å². The molecule has 0 aliphatic carbocycles. The fourth-order valence-corrected chi connectivity index (χ4v) is 8.61. The number of hydrogen-bond donors (Lipinski definition) is 1. The van der Waals surface area contributed by atoms with Crippen molar-refractivity contribution in [3.05, 3.63) is 64.7 Å². The first-order chi connectivity index (χ1) is 17.1. The third-order valence-corrected chi connectivity index (χ3v) is 11.5. The third-order valence-electron chi connectivity index (χ3n) is 6.13. The molecule has 0 aliphatic heterocycles. The number of ether oxygens (including phenoxy) is 1. The van der Waals surface area contributed by atoms with Gasteiger partial charge < -0.3 is 9.84 Å². The van der Waals surface area contributed by atoms with Gasteiger partial charge in [0.15, 0.2) is 0 Å². The summed E-state index contributed by atoms with van der Waals surface area (Å²) in [5, 5.41) is 10.9. The molecule has 0 aromatic heterocycles. The molecule has 3 nitrogen and oxygen atoms in total. The molecule has 2 rings (SSSR count). The predicted molar refractivity (Wildman–Crippen MR) is 161 cm³/mol. The van der Waals surface area contributed by atoms with E-state index in [9.17, 15) is 9.90 Å². The van der Waals surface area contributed by atoms with E-state index in [0.29, 0.717) is 5.75 Å². The molecule has 1 N–H and O–H groups in total. The average molecular weight is 549 g/mol. The summed E-state index contributed by atoms with van der Waals surface area (Å²) in [7, 11) is 1.45. The summed E-state index contributed by atoms with van der Waals surface area (Å²) in [4.78, 5) is 12.3. The van der Waals surface area contributed by atoms with Crippen molar-refractivity contribution in [2.24, 2.45) is 0 Å². The zero-order valence-electron chi connectivity index (χ0n) is 22.9. The molecule has 2 aromatic rings. The van der Waals surface area contributed by atoms with Crippen LogP contribution in [0.3, 0.4) is 0 Å². The molecular weight excluding hydrogens is 505 g/mol. The first kappa shape index (κ1) is 31.0. The van der Waals surface area contributed by atoms with Crippen molar-refractivity contribution < 1.29 is 14.6 Å². The number of methoxy groups -OCH3 is 1. The van der Waals surface area contributed by atoms with Crippen molar-refractivity contribution in [1.82, 2.24) is 0 Å². The van der Waals surface area contributed by atoms with Crippen molar-refractivity contribution in [3.8, 4) is 5.75 Å². The van der Waals surface area contributed by atoms with E-state index < -0.39 is 3.41 Å². The maximum absolute atomic E-state index is 12.3. The Hall–Kier alpha value is -1.24. The highest BCUT2D eigenvalue weighted by atomic mass is 32.3. The number of thioether (sulfide) groups is 3. The standard InChI is InChI=1S/C30H44O3S3/c1-7-8-9-10-11-15-18-34-30(36-22-27(31)33-6,35-21-24-16-13-12-14-17-24)25-19-23(2)28(32)26(20-25)29(3,4)5/h12-14,16-17,19-20,32H,7-11,15,18,21-22H2,1-6H3. The van der Waals surface area contributed by atoms with Crippen LogP contribution in [0.1, 0.15) is 88.5 Å². The maximum atomic E-state index is 12.3. The molecule has 200 valence electrons. The number of phenolic OH excluding ortho intramolecular Hbond substituents is 1. The highest BCUT2D eigenvalue weighted by Crippen LogP contribution is 2.57. The fraction of sp³-hybridized carbons (Fsp3) is 0.567. The van der Waals surface area contributed by atoms with Gasteiger partial charge in [-0.3, -0.25) is 4.79 Å². The summed E-state index contributed by atoms with van der Waals surface area (Å²) in [6, 6.07) is 14.8. The van der Waals surface area contributed by atoms with E-state index in [4.69, 9.17) is 4.74 Å². The second kappa shape index (κ2) is 15.2. The van der Waals surface area contributed by atoms with E-state index in [2.05, 4.69) is 64.1 Å². The Bertz CT molecular complexity index is 940. The summed E-state index contributed by atoms with van der Waals surface area (Å²) < 4.78 is 4.63. The number of aromatic hydroxyl groups is 1. The first-order valence-corrected chi connectivity index (χ1v) is 16.0. The second-order valence-electron chi connectivity index (χ2n) is 10.3. The van der Waals surface area contributed by atoms with E-state index in [1.54, 1.807) is 11.8 Å².